The number of ether oxygens (including phenoxy) is 2. The van der Waals surface area contributed by atoms with Crippen LogP contribution in [0.4, 0.5) is 0 Å². The zero-order valence-electron chi connectivity index (χ0n) is 15.9. The first kappa shape index (κ1) is 18.7. The van der Waals surface area contributed by atoms with Crippen molar-refractivity contribution in [2.24, 2.45) is 5.92 Å². The fourth-order valence-electron chi connectivity index (χ4n) is 4.60. The quantitative estimate of drug-likeness (QED) is 0.768. The van der Waals surface area contributed by atoms with Crippen molar-refractivity contribution in [3.8, 4) is 5.75 Å². The van der Waals surface area contributed by atoms with Crippen LogP contribution in [0, 0.1) is 5.92 Å². The highest BCUT2D eigenvalue weighted by Crippen LogP contribution is 2.47. The first-order valence-corrected chi connectivity index (χ1v) is 10.8. The predicted molar refractivity (Wildman–Crippen MR) is 99.8 cm³/mol. The molecule has 0 radical (unpaired) electrons. The molecule has 3 heterocycles. The second kappa shape index (κ2) is 6.46. The van der Waals surface area contributed by atoms with Crippen LogP contribution in [0.3, 0.4) is 0 Å². The molecule has 0 unspecified atom stereocenters. The third kappa shape index (κ3) is 3.03. The highest BCUT2D eigenvalue weighted by atomic mass is 32.2. The molecular weight excluding hydrogens is 368 g/mol. The van der Waals surface area contributed by atoms with Crippen LogP contribution in [0.25, 0.3) is 0 Å². The predicted octanol–water partition coefficient (Wildman–Crippen LogP) is 1.24. The van der Waals surface area contributed by atoms with Gasteiger partial charge in [0.25, 0.3) is 0 Å². The lowest BCUT2D eigenvalue weighted by Gasteiger charge is -2.40. The first-order valence-electron chi connectivity index (χ1n) is 9.34. The van der Waals surface area contributed by atoms with Crippen LogP contribution in [0.2, 0.25) is 0 Å². The number of rotatable bonds is 4. The van der Waals surface area contributed by atoms with Crippen LogP contribution in [0.15, 0.2) is 24.3 Å². The van der Waals surface area contributed by atoms with Gasteiger partial charge in [-0.15, -0.1) is 0 Å². The molecule has 4 rings (SSSR count). The second-order valence-electron chi connectivity index (χ2n) is 8.07. The zero-order chi connectivity index (χ0) is 19.4. The van der Waals surface area contributed by atoms with Gasteiger partial charge in [0.05, 0.1) is 19.8 Å². The SMILES string of the molecule is COc1cccc(CN2C[C@]34CN(C(=O)C(C)C)C[C@H](C[C@H]3S2(=O)=O)O4)c1. The average molecular weight is 394 g/mol. The molecule has 27 heavy (non-hydrogen) atoms. The van der Waals surface area contributed by atoms with Gasteiger partial charge in [0.2, 0.25) is 15.9 Å². The zero-order valence-corrected chi connectivity index (χ0v) is 16.7. The summed E-state index contributed by atoms with van der Waals surface area (Å²) in [5.41, 5.74) is 0.0577. The smallest absolute Gasteiger partial charge is 0.225 e. The lowest BCUT2D eigenvalue weighted by molar-refractivity contribution is -0.153. The molecule has 3 aliphatic heterocycles. The molecule has 1 spiro atoms. The summed E-state index contributed by atoms with van der Waals surface area (Å²) in [6.07, 6.45) is 0.263. The summed E-state index contributed by atoms with van der Waals surface area (Å²) in [7, 11) is -1.90. The summed E-state index contributed by atoms with van der Waals surface area (Å²) in [4.78, 5) is 14.3. The lowest BCUT2D eigenvalue weighted by Crippen LogP contribution is -2.57. The van der Waals surface area contributed by atoms with E-state index in [0.717, 1.165) is 5.56 Å². The van der Waals surface area contributed by atoms with E-state index in [-0.39, 0.29) is 31.0 Å². The molecule has 3 atom stereocenters. The maximum atomic E-state index is 13.2. The second-order valence-corrected chi connectivity index (χ2v) is 10.2. The van der Waals surface area contributed by atoms with Gasteiger partial charge in [0, 0.05) is 25.6 Å². The van der Waals surface area contributed by atoms with Crippen LogP contribution in [0.1, 0.15) is 25.8 Å². The molecule has 1 amide bonds. The van der Waals surface area contributed by atoms with Gasteiger partial charge >= 0.3 is 0 Å². The van der Waals surface area contributed by atoms with Crippen LogP contribution >= 0.6 is 0 Å². The summed E-state index contributed by atoms with van der Waals surface area (Å²) in [5, 5.41) is -0.578. The van der Waals surface area contributed by atoms with E-state index in [1.807, 2.05) is 38.1 Å². The number of hydrogen-bond acceptors (Lipinski definition) is 5. The van der Waals surface area contributed by atoms with Gasteiger partial charge in [-0.1, -0.05) is 26.0 Å². The number of nitrogens with zero attached hydrogens (tertiary/aromatic N) is 2. The average Bonchev–Trinajstić information content (AvgIpc) is 3.00. The molecule has 8 heteroatoms. The van der Waals surface area contributed by atoms with Gasteiger partial charge in [-0.3, -0.25) is 4.79 Å². The molecule has 0 N–H and O–H groups in total. The maximum Gasteiger partial charge on any atom is 0.225 e. The summed E-state index contributed by atoms with van der Waals surface area (Å²) in [6.45, 7) is 5.14. The standard InChI is InChI=1S/C19H26N2O5S/c1-13(2)18(22)20-10-16-8-17-19(11-20,26-16)12-21(27(17,23)24)9-14-5-4-6-15(7-14)25-3/h4-7,13,16-17H,8-12H2,1-3H3/t16-,17+,19+/m0/s1. The van der Waals surface area contributed by atoms with Crippen molar-refractivity contribution >= 4 is 15.9 Å². The molecule has 2 bridgehead atoms. The molecule has 0 aliphatic carbocycles. The van der Waals surface area contributed by atoms with E-state index in [1.54, 1.807) is 12.0 Å². The van der Waals surface area contributed by atoms with E-state index in [0.29, 0.717) is 25.3 Å². The Balaban J connectivity index is 1.59. The van der Waals surface area contributed by atoms with E-state index < -0.39 is 20.9 Å². The Kier molecular flexibility index (Phi) is 4.48. The number of sulfonamides is 1. The van der Waals surface area contributed by atoms with Crippen LogP contribution in [0.5, 0.6) is 5.75 Å². The number of benzene rings is 1. The first-order chi connectivity index (χ1) is 12.7. The van der Waals surface area contributed by atoms with Crippen molar-refractivity contribution in [2.75, 3.05) is 26.7 Å². The molecule has 0 saturated carbocycles. The van der Waals surface area contributed by atoms with Crippen molar-refractivity contribution in [3.63, 3.8) is 0 Å². The fraction of sp³-hybridized carbons (Fsp3) is 0.632. The molecule has 1 aromatic carbocycles. The van der Waals surface area contributed by atoms with Crippen molar-refractivity contribution in [3.05, 3.63) is 29.8 Å². The molecule has 7 nitrogen and oxygen atoms in total. The minimum Gasteiger partial charge on any atom is -0.497 e. The van der Waals surface area contributed by atoms with E-state index in [1.165, 1.54) is 4.31 Å². The van der Waals surface area contributed by atoms with Gasteiger partial charge in [0.1, 0.15) is 16.6 Å². The third-order valence-corrected chi connectivity index (χ3v) is 8.13. The highest BCUT2D eigenvalue weighted by Gasteiger charge is 2.65. The summed E-state index contributed by atoms with van der Waals surface area (Å²) < 4.78 is 39.3. The van der Waals surface area contributed by atoms with E-state index in [4.69, 9.17) is 9.47 Å². The Morgan fingerprint density at radius 1 is 1.37 bits per heavy atom. The molecule has 0 aromatic heterocycles. The summed E-state index contributed by atoms with van der Waals surface area (Å²) in [6, 6.07) is 7.43. The number of likely N-dealkylation sites (tertiary alicyclic amines) is 1. The fourth-order valence-corrected chi connectivity index (χ4v) is 6.89. The number of carbonyl (C=O) groups is 1. The van der Waals surface area contributed by atoms with Crippen molar-refractivity contribution < 1.29 is 22.7 Å². The molecule has 3 aliphatic rings. The number of carbonyl (C=O) groups excluding carboxylic acids is 1. The van der Waals surface area contributed by atoms with Crippen LogP contribution in [-0.4, -0.2) is 67.2 Å². The van der Waals surface area contributed by atoms with Crippen LogP contribution in [-0.2, 0) is 26.1 Å². The third-order valence-electron chi connectivity index (χ3n) is 5.81. The van der Waals surface area contributed by atoms with Gasteiger partial charge < -0.3 is 14.4 Å². The van der Waals surface area contributed by atoms with Gasteiger partial charge in [-0.25, -0.2) is 8.42 Å². The van der Waals surface area contributed by atoms with Gasteiger partial charge in [-0.05, 0) is 24.1 Å². The van der Waals surface area contributed by atoms with Gasteiger partial charge in [-0.2, -0.15) is 4.31 Å². The Morgan fingerprint density at radius 3 is 2.85 bits per heavy atom. The monoisotopic (exact) mass is 394 g/mol. The Labute approximate surface area is 160 Å². The molecule has 3 saturated heterocycles. The molecule has 3 fully saturated rings. The summed E-state index contributed by atoms with van der Waals surface area (Å²) in [5.74, 6) is 0.653. The topological polar surface area (TPSA) is 76.2 Å². The number of morpholine rings is 1. The molecule has 1 aromatic rings. The molecular formula is C19H26N2O5S. The van der Waals surface area contributed by atoms with Gasteiger partial charge in [0.15, 0.2) is 0 Å². The Morgan fingerprint density at radius 2 is 2.15 bits per heavy atom. The van der Waals surface area contributed by atoms with E-state index in [2.05, 4.69) is 0 Å². The minimum absolute atomic E-state index is 0.0620. The number of fused-ring (bicyclic) bond motifs is 1. The Bertz CT molecular complexity index is 855. The maximum absolute atomic E-state index is 13.2. The highest BCUT2D eigenvalue weighted by molar-refractivity contribution is 7.90. The summed E-state index contributed by atoms with van der Waals surface area (Å²) >= 11 is 0. The normalized spacial score (nSPS) is 31.9. The lowest BCUT2D eigenvalue weighted by atomic mass is 9.98. The van der Waals surface area contributed by atoms with Crippen molar-refractivity contribution in [1.29, 1.82) is 0 Å². The van der Waals surface area contributed by atoms with Crippen molar-refractivity contribution in [1.82, 2.24) is 9.21 Å². The molecule has 148 valence electrons. The van der Waals surface area contributed by atoms with Crippen LogP contribution < -0.4 is 4.74 Å². The van der Waals surface area contributed by atoms with E-state index in [9.17, 15) is 13.2 Å². The number of hydrogen-bond donors (Lipinski definition) is 0. The number of amides is 1. The largest absolute Gasteiger partial charge is 0.497 e. The number of methoxy groups -OCH3 is 1. The minimum atomic E-state index is -3.49. The van der Waals surface area contributed by atoms with Crippen molar-refractivity contribution in [2.45, 2.75) is 43.8 Å². The Hall–Kier alpha value is -1.64. The van der Waals surface area contributed by atoms with E-state index >= 15 is 0 Å².